The average Bonchev–Trinajstić information content (AvgIpc) is 2.98. The van der Waals surface area contributed by atoms with Crippen LogP contribution in [0.25, 0.3) is 27.8 Å². The Labute approximate surface area is 231 Å². The van der Waals surface area contributed by atoms with Crippen molar-refractivity contribution in [1.82, 2.24) is 0 Å². The average molecular weight is 527 g/mol. The normalized spacial score (nSPS) is 21.3. The second-order valence-electron chi connectivity index (χ2n) is 11.2. The molecular weight excluding hydrogens is 489 g/mol. The highest BCUT2D eigenvalue weighted by Crippen LogP contribution is 2.42. The topological polar surface area (TPSA) is 0 Å². The second kappa shape index (κ2) is 12.2. The van der Waals surface area contributed by atoms with Crippen molar-refractivity contribution in [3.05, 3.63) is 115 Å². The van der Waals surface area contributed by atoms with Gasteiger partial charge in [0.2, 0.25) is 0 Å². The van der Waals surface area contributed by atoms with Gasteiger partial charge < -0.3 is 0 Å². The predicted octanol–water partition coefficient (Wildman–Crippen LogP) is 10.7. The van der Waals surface area contributed by atoms with Gasteiger partial charge in [-0.15, -0.1) is 13.2 Å². The first-order chi connectivity index (χ1) is 19.0. The molecule has 39 heavy (non-hydrogen) atoms. The van der Waals surface area contributed by atoms with Gasteiger partial charge in [0.15, 0.2) is 11.6 Å². The summed E-state index contributed by atoms with van der Waals surface area (Å²) in [4.78, 5) is 0. The second-order valence-corrected chi connectivity index (χ2v) is 11.2. The van der Waals surface area contributed by atoms with Gasteiger partial charge in [0, 0.05) is 11.1 Å². The van der Waals surface area contributed by atoms with Gasteiger partial charge in [0.25, 0.3) is 0 Å². The molecule has 1 unspecified atom stereocenters. The zero-order valence-electron chi connectivity index (χ0n) is 22.6. The zero-order valence-corrected chi connectivity index (χ0v) is 22.6. The number of allylic oxidation sites excluding steroid dienone is 4. The van der Waals surface area contributed by atoms with Crippen LogP contribution in [0.5, 0.6) is 0 Å². The summed E-state index contributed by atoms with van der Waals surface area (Å²) in [6.45, 7) is 7.60. The molecule has 2 aliphatic carbocycles. The van der Waals surface area contributed by atoms with E-state index >= 15 is 4.39 Å². The summed E-state index contributed by atoms with van der Waals surface area (Å²) in [6, 6.07) is 15.7. The minimum atomic E-state index is -0.854. The van der Waals surface area contributed by atoms with E-state index in [9.17, 15) is 8.78 Å². The Hall–Kier alpha value is -3.33. The smallest absolute Gasteiger partial charge is 0.166 e. The first kappa shape index (κ1) is 27.2. The molecule has 1 atom stereocenters. The first-order valence-corrected chi connectivity index (χ1v) is 14.3. The number of hydrogen-bond donors (Lipinski definition) is 0. The fraction of sp³-hybridized carbons (Fsp3) is 0.333. The van der Waals surface area contributed by atoms with Crippen LogP contribution < -0.4 is 0 Å². The van der Waals surface area contributed by atoms with Crippen molar-refractivity contribution in [2.45, 2.75) is 57.8 Å². The van der Waals surface area contributed by atoms with Crippen molar-refractivity contribution in [2.75, 3.05) is 0 Å². The molecule has 3 aromatic rings. The first-order valence-electron chi connectivity index (χ1n) is 14.3. The number of benzene rings is 3. The van der Waals surface area contributed by atoms with Gasteiger partial charge in [-0.25, -0.2) is 13.2 Å². The lowest BCUT2D eigenvalue weighted by atomic mass is 9.71. The van der Waals surface area contributed by atoms with Crippen LogP contribution in [0.15, 0.2) is 86.0 Å². The molecule has 0 bridgehead atoms. The SMILES string of the molecule is C=CCCc1ccc(-c2ccc(-c3ccc(C4=CCC(C5CCC(C=C)CC5)CC4)cc3F)cc2)c(F)c1F. The maximum Gasteiger partial charge on any atom is 0.166 e. The van der Waals surface area contributed by atoms with Gasteiger partial charge in [-0.1, -0.05) is 66.8 Å². The van der Waals surface area contributed by atoms with Gasteiger partial charge in [-0.2, -0.15) is 0 Å². The van der Waals surface area contributed by atoms with Crippen LogP contribution >= 0.6 is 0 Å². The number of hydrogen-bond acceptors (Lipinski definition) is 0. The Morgan fingerprint density at radius 2 is 1.38 bits per heavy atom. The van der Waals surface area contributed by atoms with Crippen molar-refractivity contribution >= 4 is 5.57 Å². The van der Waals surface area contributed by atoms with Crippen LogP contribution in [0.2, 0.25) is 0 Å². The fourth-order valence-electron chi connectivity index (χ4n) is 6.44. The molecule has 1 fully saturated rings. The molecule has 5 rings (SSSR count). The molecule has 0 aromatic heterocycles. The summed E-state index contributed by atoms with van der Waals surface area (Å²) < 4.78 is 44.6. The maximum absolute atomic E-state index is 15.3. The van der Waals surface area contributed by atoms with E-state index in [1.54, 1.807) is 48.5 Å². The van der Waals surface area contributed by atoms with Crippen LogP contribution in [0, 0.1) is 35.2 Å². The van der Waals surface area contributed by atoms with E-state index < -0.39 is 11.6 Å². The number of aryl methyl sites for hydroxylation is 1. The third-order valence-corrected chi connectivity index (χ3v) is 8.89. The van der Waals surface area contributed by atoms with E-state index in [1.165, 1.54) is 37.7 Å². The molecule has 0 amide bonds. The standard InChI is InChI=1S/C36H37F3/c1-3-5-6-30-19-22-33(36(39)35(30)38)29-17-15-28(16-18-29)32-21-20-31(23-34(32)37)27-13-11-26(12-14-27)25-9-7-24(4-2)8-10-25/h3-4,13,15-26H,1-2,5-12,14H2. The van der Waals surface area contributed by atoms with Crippen LogP contribution in [-0.4, -0.2) is 0 Å². The molecule has 2 aliphatic rings. The molecule has 0 nitrogen and oxygen atoms in total. The van der Waals surface area contributed by atoms with Crippen LogP contribution in [0.3, 0.4) is 0 Å². The number of halogens is 3. The quantitative estimate of drug-likeness (QED) is 0.256. The summed E-state index contributed by atoms with van der Waals surface area (Å²) in [5.41, 5.74) is 4.51. The Balaban J connectivity index is 1.27. The molecule has 0 N–H and O–H groups in total. The summed E-state index contributed by atoms with van der Waals surface area (Å²) >= 11 is 0. The van der Waals surface area contributed by atoms with Gasteiger partial charge >= 0.3 is 0 Å². The van der Waals surface area contributed by atoms with Crippen molar-refractivity contribution in [2.24, 2.45) is 17.8 Å². The van der Waals surface area contributed by atoms with E-state index in [1.807, 2.05) is 12.1 Å². The summed E-state index contributed by atoms with van der Waals surface area (Å²) in [7, 11) is 0. The summed E-state index contributed by atoms with van der Waals surface area (Å²) in [5, 5.41) is 0. The van der Waals surface area contributed by atoms with Crippen molar-refractivity contribution < 1.29 is 13.2 Å². The van der Waals surface area contributed by atoms with E-state index in [-0.39, 0.29) is 11.4 Å². The minimum Gasteiger partial charge on any atom is -0.206 e. The Morgan fingerprint density at radius 3 is 2.00 bits per heavy atom. The van der Waals surface area contributed by atoms with E-state index in [4.69, 9.17) is 0 Å². The summed E-state index contributed by atoms with van der Waals surface area (Å²) in [5.74, 6) is 0.299. The van der Waals surface area contributed by atoms with E-state index in [0.29, 0.717) is 41.0 Å². The van der Waals surface area contributed by atoms with Gasteiger partial charge in [-0.05, 0) is 109 Å². The fourth-order valence-corrected chi connectivity index (χ4v) is 6.44. The Bertz CT molecular complexity index is 1360. The van der Waals surface area contributed by atoms with Crippen LogP contribution in [0.4, 0.5) is 13.2 Å². The minimum absolute atomic E-state index is 0.202. The highest BCUT2D eigenvalue weighted by molar-refractivity contribution is 5.74. The monoisotopic (exact) mass is 526 g/mol. The molecule has 0 spiro atoms. The Morgan fingerprint density at radius 1 is 0.718 bits per heavy atom. The Kier molecular flexibility index (Phi) is 8.55. The maximum atomic E-state index is 15.3. The van der Waals surface area contributed by atoms with Gasteiger partial charge in [-0.3, -0.25) is 0 Å². The van der Waals surface area contributed by atoms with E-state index in [0.717, 1.165) is 30.2 Å². The molecule has 0 radical (unpaired) electrons. The molecule has 202 valence electrons. The molecule has 0 saturated heterocycles. The third-order valence-electron chi connectivity index (χ3n) is 8.89. The summed E-state index contributed by atoms with van der Waals surface area (Å²) in [6.07, 6.45) is 15.5. The lowest BCUT2D eigenvalue weighted by Gasteiger charge is -2.34. The lowest BCUT2D eigenvalue weighted by molar-refractivity contribution is 0.212. The highest BCUT2D eigenvalue weighted by Gasteiger charge is 2.28. The molecular formula is C36H37F3. The lowest BCUT2D eigenvalue weighted by Crippen LogP contribution is -2.22. The van der Waals surface area contributed by atoms with Crippen molar-refractivity contribution in [1.29, 1.82) is 0 Å². The third kappa shape index (κ3) is 5.98. The predicted molar refractivity (Wildman–Crippen MR) is 157 cm³/mol. The van der Waals surface area contributed by atoms with Crippen LogP contribution in [0.1, 0.15) is 62.5 Å². The molecule has 0 heterocycles. The molecule has 3 aromatic carbocycles. The van der Waals surface area contributed by atoms with Crippen molar-refractivity contribution in [3.8, 4) is 22.3 Å². The zero-order chi connectivity index (χ0) is 27.4. The van der Waals surface area contributed by atoms with Gasteiger partial charge in [0.1, 0.15) is 5.82 Å². The highest BCUT2D eigenvalue weighted by atomic mass is 19.2. The molecule has 3 heteroatoms. The van der Waals surface area contributed by atoms with E-state index in [2.05, 4.69) is 25.3 Å². The van der Waals surface area contributed by atoms with Crippen molar-refractivity contribution in [3.63, 3.8) is 0 Å². The van der Waals surface area contributed by atoms with Gasteiger partial charge in [0.05, 0.1) is 0 Å². The molecule has 1 saturated carbocycles. The molecule has 0 aliphatic heterocycles. The van der Waals surface area contributed by atoms with Crippen LogP contribution in [-0.2, 0) is 6.42 Å². The number of rotatable bonds is 8. The largest absolute Gasteiger partial charge is 0.206 e.